The summed E-state index contributed by atoms with van der Waals surface area (Å²) in [7, 11) is 1.62. The molecule has 1 heterocycles. The number of aryl methyl sites for hydroxylation is 1. The van der Waals surface area contributed by atoms with E-state index >= 15 is 0 Å². The number of benzene rings is 2. The molecule has 3 aromatic rings. The molecule has 6 heteroatoms. The second-order valence-corrected chi connectivity index (χ2v) is 5.51. The molecule has 0 aliphatic carbocycles. The predicted molar refractivity (Wildman–Crippen MR) is 92.9 cm³/mol. The number of amides is 1. The lowest BCUT2D eigenvalue weighted by Crippen LogP contribution is -2.23. The Kier molecular flexibility index (Phi) is 5.41. The van der Waals surface area contributed by atoms with Crippen LogP contribution in [-0.4, -0.2) is 23.2 Å². The van der Waals surface area contributed by atoms with E-state index in [0.717, 1.165) is 16.9 Å². The maximum Gasteiger partial charge on any atom is 0.227 e. The van der Waals surface area contributed by atoms with Crippen molar-refractivity contribution in [3.63, 3.8) is 0 Å². The van der Waals surface area contributed by atoms with Gasteiger partial charge >= 0.3 is 0 Å². The van der Waals surface area contributed by atoms with Gasteiger partial charge in [-0.05, 0) is 17.7 Å². The molecule has 6 nitrogen and oxygen atoms in total. The largest absolute Gasteiger partial charge is 0.497 e. The number of nitrogens with zero attached hydrogens (tertiary/aromatic N) is 2. The highest BCUT2D eigenvalue weighted by Gasteiger charge is 2.10. The van der Waals surface area contributed by atoms with E-state index in [4.69, 9.17) is 9.26 Å². The zero-order valence-corrected chi connectivity index (χ0v) is 13.9. The molecule has 25 heavy (non-hydrogen) atoms. The van der Waals surface area contributed by atoms with Crippen molar-refractivity contribution < 1.29 is 14.1 Å². The SMILES string of the molecule is COc1cccc(CNC(=O)CCc2nc(-c3ccccc3)no2)c1. The van der Waals surface area contributed by atoms with Crippen molar-refractivity contribution in [3.8, 4) is 17.1 Å². The van der Waals surface area contributed by atoms with Gasteiger partial charge in [0, 0.05) is 24.9 Å². The summed E-state index contributed by atoms with van der Waals surface area (Å²) in [5.41, 5.74) is 1.87. The van der Waals surface area contributed by atoms with Gasteiger partial charge in [0.1, 0.15) is 5.75 Å². The molecule has 0 aliphatic heterocycles. The van der Waals surface area contributed by atoms with Crippen LogP contribution < -0.4 is 10.1 Å². The molecule has 0 unspecified atom stereocenters. The first-order valence-corrected chi connectivity index (χ1v) is 8.02. The quantitative estimate of drug-likeness (QED) is 0.717. The Labute approximate surface area is 145 Å². The van der Waals surface area contributed by atoms with Crippen LogP contribution in [0.15, 0.2) is 59.1 Å². The Hall–Kier alpha value is -3.15. The van der Waals surface area contributed by atoms with Gasteiger partial charge in [0.15, 0.2) is 0 Å². The van der Waals surface area contributed by atoms with Crippen molar-refractivity contribution in [2.75, 3.05) is 7.11 Å². The highest BCUT2D eigenvalue weighted by molar-refractivity contribution is 5.76. The minimum absolute atomic E-state index is 0.0673. The minimum atomic E-state index is -0.0673. The fraction of sp³-hybridized carbons (Fsp3) is 0.211. The number of carbonyl (C=O) groups excluding carboxylic acids is 1. The van der Waals surface area contributed by atoms with Crippen molar-refractivity contribution in [1.82, 2.24) is 15.5 Å². The highest BCUT2D eigenvalue weighted by atomic mass is 16.5. The van der Waals surface area contributed by atoms with Crippen molar-refractivity contribution in [2.45, 2.75) is 19.4 Å². The summed E-state index contributed by atoms with van der Waals surface area (Å²) in [6, 6.07) is 17.2. The molecular weight excluding hydrogens is 318 g/mol. The van der Waals surface area contributed by atoms with Crippen LogP contribution in [0.25, 0.3) is 11.4 Å². The second-order valence-electron chi connectivity index (χ2n) is 5.51. The Morgan fingerprint density at radius 3 is 2.80 bits per heavy atom. The first-order valence-electron chi connectivity index (χ1n) is 8.02. The molecule has 0 aliphatic rings. The number of hydrogen-bond donors (Lipinski definition) is 1. The van der Waals surface area contributed by atoms with Crippen LogP contribution in [0.2, 0.25) is 0 Å². The maximum atomic E-state index is 12.0. The lowest BCUT2D eigenvalue weighted by atomic mass is 10.2. The lowest BCUT2D eigenvalue weighted by Gasteiger charge is -2.06. The van der Waals surface area contributed by atoms with Gasteiger partial charge in [0.05, 0.1) is 7.11 Å². The number of carbonyl (C=O) groups is 1. The minimum Gasteiger partial charge on any atom is -0.497 e. The maximum absolute atomic E-state index is 12.0. The number of methoxy groups -OCH3 is 1. The Morgan fingerprint density at radius 1 is 1.16 bits per heavy atom. The van der Waals surface area contributed by atoms with Gasteiger partial charge in [-0.2, -0.15) is 4.98 Å². The van der Waals surface area contributed by atoms with Crippen LogP contribution in [0.5, 0.6) is 5.75 Å². The summed E-state index contributed by atoms with van der Waals surface area (Å²) in [6.07, 6.45) is 0.699. The zero-order valence-electron chi connectivity index (χ0n) is 13.9. The molecule has 0 bridgehead atoms. The molecule has 0 atom stereocenters. The molecule has 0 saturated carbocycles. The van der Waals surface area contributed by atoms with Crippen molar-refractivity contribution in [1.29, 1.82) is 0 Å². The third-order valence-corrected chi connectivity index (χ3v) is 3.69. The van der Waals surface area contributed by atoms with Crippen molar-refractivity contribution in [2.24, 2.45) is 0 Å². The van der Waals surface area contributed by atoms with Crippen molar-refractivity contribution in [3.05, 3.63) is 66.1 Å². The van der Waals surface area contributed by atoms with Crippen LogP contribution in [0.4, 0.5) is 0 Å². The third kappa shape index (κ3) is 4.67. The van der Waals surface area contributed by atoms with E-state index in [1.165, 1.54) is 0 Å². The first-order chi connectivity index (χ1) is 12.2. The highest BCUT2D eigenvalue weighted by Crippen LogP contribution is 2.15. The van der Waals surface area contributed by atoms with E-state index in [1.54, 1.807) is 7.11 Å². The van der Waals surface area contributed by atoms with E-state index in [0.29, 0.717) is 31.1 Å². The molecule has 2 aromatic carbocycles. The van der Waals surface area contributed by atoms with Crippen LogP contribution in [0.3, 0.4) is 0 Å². The second kappa shape index (κ2) is 8.10. The van der Waals surface area contributed by atoms with E-state index < -0.39 is 0 Å². The summed E-state index contributed by atoms with van der Waals surface area (Å²) in [6.45, 7) is 0.454. The average molecular weight is 337 g/mol. The van der Waals surface area contributed by atoms with Gasteiger partial charge in [-0.15, -0.1) is 0 Å². The van der Waals surface area contributed by atoms with Crippen molar-refractivity contribution >= 4 is 5.91 Å². The van der Waals surface area contributed by atoms with Gasteiger partial charge in [-0.25, -0.2) is 0 Å². The van der Waals surface area contributed by atoms with E-state index in [9.17, 15) is 4.79 Å². The fourth-order valence-electron chi connectivity index (χ4n) is 2.35. The molecule has 0 spiro atoms. The number of ether oxygens (including phenoxy) is 1. The summed E-state index contributed by atoms with van der Waals surface area (Å²) in [5, 5.41) is 6.82. The Bertz CT molecular complexity index is 831. The summed E-state index contributed by atoms with van der Waals surface area (Å²) >= 11 is 0. The topological polar surface area (TPSA) is 77.2 Å². The number of hydrogen-bond acceptors (Lipinski definition) is 5. The van der Waals surface area contributed by atoms with Gasteiger partial charge in [0.2, 0.25) is 17.6 Å². The Balaban J connectivity index is 1.48. The number of rotatable bonds is 7. The molecule has 1 aromatic heterocycles. The van der Waals surface area contributed by atoms with Gasteiger partial charge < -0.3 is 14.6 Å². The van der Waals surface area contributed by atoms with E-state index in [-0.39, 0.29) is 5.91 Å². The molecule has 0 saturated heterocycles. The molecule has 128 valence electrons. The predicted octanol–water partition coefficient (Wildman–Crippen LogP) is 2.99. The molecule has 1 amide bonds. The van der Waals surface area contributed by atoms with E-state index in [2.05, 4.69) is 15.5 Å². The fourth-order valence-corrected chi connectivity index (χ4v) is 2.35. The van der Waals surface area contributed by atoms with Crippen LogP contribution in [0.1, 0.15) is 17.9 Å². The molecule has 0 radical (unpaired) electrons. The van der Waals surface area contributed by atoms with E-state index in [1.807, 2.05) is 54.6 Å². The molecular formula is C19H19N3O3. The number of nitrogens with one attached hydrogen (secondary N) is 1. The Morgan fingerprint density at radius 2 is 2.00 bits per heavy atom. The molecule has 3 rings (SSSR count). The summed E-state index contributed by atoms with van der Waals surface area (Å²) in [4.78, 5) is 16.3. The summed E-state index contributed by atoms with van der Waals surface area (Å²) in [5.74, 6) is 1.69. The standard InChI is InChI=1S/C19H19N3O3/c1-24-16-9-5-6-14(12-16)13-20-17(23)10-11-18-21-19(22-25-18)15-7-3-2-4-8-15/h2-9,12H,10-11,13H2,1H3,(H,20,23). The van der Waals surface area contributed by atoms with Crippen LogP contribution in [0, 0.1) is 0 Å². The molecule has 0 fully saturated rings. The normalized spacial score (nSPS) is 10.4. The van der Waals surface area contributed by atoms with Gasteiger partial charge in [-0.3, -0.25) is 4.79 Å². The average Bonchev–Trinajstić information content (AvgIpc) is 3.15. The van der Waals surface area contributed by atoms with Crippen LogP contribution >= 0.6 is 0 Å². The third-order valence-electron chi connectivity index (χ3n) is 3.69. The van der Waals surface area contributed by atoms with Crippen LogP contribution in [-0.2, 0) is 17.8 Å². The lowest BCUT2D eigenvalue weighted by molar-refractivity contribution is -0.121. The van der Waals surface area contributed by atoms with Gasteiger partial charge in [-0.1, -0.05) is 47.6 Å². The van der Waals surface area contributed by atoms with Gasteiger partial charge in [0.25, 0.3) is 0 Å². The first kappa shape index (κ1) is 16.7. The monoisotopic (exact) mass is 337 g/mol. The smallest absolute Gasteiger partial charge is 0.227 e. The summed E-state index contributed by atoms with van der Waals surface area (Å²) < 4.78 is 10.4. The zero-order chi connectivity index (χ0) is 17.5. The number of aromatic nitrogens is 2. The molecule has 1 N–H and O–H groups in total.